The van der Waals surface area contributed by atoms with Crippen LogP contribution < -0.4 is 10.1 Å². The topological polar surface area (TPSA) is 79.2 Å². The van der Waals surface area contributed by atoms with Gasteiger partial charge in [-0.25, -0.2) is 8.42 Å². The molecule has 0 aliphatic heterocycles. The number of sulfone groups is 1. The first-order valence-electron chi connectivity index (χ1n) is 8.08. The fourth-order valence-corrected chi connectivity index (χ4v) is 3.14. The van der Waals surface area contributed by atoms with Crippen molar-refractivity contribution in [3.8, 4) is 11.8 Å². The van der Waals surface area contributed by atoms with E-state index in [-0.39, 0.29) is 11.0 Å². The molecule has 0 bridgehead atoms. The lowest BCUT2D eigenvalue weighted by atomic mass is 10.2. The van der Waals surface area contributed by atoms with Gasteiger partial charge in [-0.15, -0.1) is 0 Å². The summed E-state index contributed by atoms with van der Waals surface area (Å²) in [7, 11) is -3.11. The minimum absolute atomic E-state index is 0.0436. The number of nitrogens with zero attached hydrogens (tertiary/aromatic N) is 1. The Morgan fingerprint density at radius 3 is 2.52 bits per heavy atom. The van der Waals surface area contributed by atoms with Gasteiger partial charge in [-0.1, -0.05) is 12.1 Å². The van der Waals surface area contributed by atoms with Crippen LogP contribution in [-0.2, 0) is 15.6 Å². The predicted octanol–water partition coefficient (Wildman–Crippen LogP) is 3.37. The average Bonchev–Trinajstić information content (AvgIpc) is 2.59. The molecule has 0 unspecified atom stereocenters. The van der Waals surface area contributed by atoms with Crippen molar-refractivity contribution in [2.24, 2.45) is 0 Å². The lowest BCUT2D eigenvalue weighted by Gasteiger charge is -2.11. The molecular weight excluding hydrogens is 336 g/mol. The van der Waals surface area contributed by atoms with Gasteiger partial charge in [-0.05, 0) is 55.8 Å². The lowest BCUT2D eigenvalue weighted by Crippen LogP contribution is -2.16. The first kappa shape index (κ1) is 18.8. The van der Waals surface area contributed by atoms with Crippen LogP contribution in [0.15, 0.2) is 48.5 Å². The van der Waals surface area contributed by atoms with E-state index in [1.165, 1.54) is 0 Å². The fourth-order valence-electron chi connectivity index (χ4n) is 2.16. The molecule has 6 heteroatoms. The molecule has 0 aliphatic rings. The molecule has 0 atom stereocenters. The predicted molar refractivity (Wildman–Crippen MR) is 99.3 cm³/mol. The monoisotopic (exact) mass is 358 g/mol. The minimum Gasteiger partial charge on any atom is -0.492 e. The van der Waals surface area contributed by atoms with E-state index in [1.54, 1.807) is 38.1 Å². The van der Waals surface area contributed by atoms with Gasteiger partial charge in [-0.3, -0.25) is 0 Å². The number of anilines is 1. The van der Waals surface area contributed by atoms with Crippen LogP contribution in [0, 0.1) is 11.3 Å². The molecule has 5 nitrogen and oxygen atoms in total. The zero-order valence-corrected chi connectivity index (χ0v) is 15.2. The molecular formula is C19H22N2O3S. The van der Waals surface area contributed by atoms with Crippen LogP contribution in [-0.4, -0.2) is 26.8 Å². The molecule has 0 aromatic heterocycles. The Hall–Kier alpha value is -2.52. The Kier molecular flexibility index (Phi) is 6.43. The van der Waals surface area contributed by atoms with Crippen molar-refractivity contribution in [2.45, 2.75) is 24.9 Å². The summed E-state index contributed by atoms with van der Waals surface area (Å²) in [4.78, 5) is 0. The van der Waals surface area contributed by atoms with Crippen molar-refractivity contribution in [3.63, 3.8) is 0 Å². The van der Waals surface area contributed by atoms with Crippen LogP contribution in [0.1, 0.15) is 25.0 Å². The highest BCUT2D eigenvalue weighted by atomic mass is 32.2. The van der Waals surface area contributed by atoms with Gasteiger partial charge in [0.25, 0.3) is 0 Å². The second kappa shape index (κ2) is 8.54. The maximum atomic E-state index is 12.0. The summed E-state index contributed by atoms with van der Waals surface area (Å²) in [5.41, 5.74) is 2.23. The zero-order valence-electron chi connectivity index (χ0n) is 14.4. The Bertz CT molecular complexity index is 838. The number of rotatable bonds is 8. The van der Waals surface area contributed by atoms with Gasteiger partial charge >= 0.3 is 0 Å². The highest BCUT2D eigenvalue weighted by molar-refractivity contribution is 7.91. The molecule has 1 N–H and O–H groups in total. The van der Waals surface area contributed by atoms with Crippen LogP contribution >= 0.6 is 0 Å². The number of nitrogens with one attached hydrogen (secondary N) is 1. The van der Waals surface area contributed by atoms with Gasteiger partial charge < -0.3 is 10.1 Å². The molecule has 25 heavy (non-hydrogen) atoms. The third kappa shape index (κ3) is 5.80. The molecule has 0 heterocycles. The summed E-state index contributed by atoms with van der Waals surface area (Å²) < 4.78 is 29.6. The SMILES string of the molecule is CC(C)S(=O)(=O)Cc1cccc(NCCOc2ccc(C#N)cc2)c1. The highest BCUT2D eigenvalue weighted by Gasteiger charge is 2.16. The van der Waals surface area contributed by atoms with Crippen molar-refractivity contribution >= 4 is 15.5 Å². The Morgan fingerprint density at radius 1 is 1.16 bits per heavy atom. The van der Waals surface area contributed by atoms with E-state index in [4.69, 9.17) is 10.00 Å². The average molecular weight is 358 g/mol. The van der Waals surface area contributed by atoms with Crippen molar-refractivity contribution in [1.29, 1.82) is 5.26 Å². The van der Waals surface area contributed by atoms with E-state index in [0.29, 0.717) is 24.5 Å². The van der Waals surface area contributed by atoms with Gasteiger partial charge in [-0.2, -0.15) is 5.26 Å². The molecule has 0 spiro atoms. The molecule has 0 saturated carbocycles. The number of benzene rings is 2. The van der Waals surface area contributed by atoms with E-state index in [2.05, 4.69) is 11.4 Å². The zero-order chi connectivity index (χ0) is 18.3. The van der Waals surface area contributed by atoms with E-state index >= 15 is 0 Å². The first-order chi connectivity index (χ1) is 11.9. The fraction of sp³-hybridized carbons (Fsp3) is 0.316. The summed E-state index contributed by atoms with van der Waals surface area (Å²) in [5.74, 6) is 0.750. The van der Waals surface area contributed by atoms with Crippen LogP contribution in [0.25, 0.3) is 0 Å². The molecule has 2 aromatic rings. The number of nitriles is 1. The quantitative estimate of drug-likeness (QED) is 0.732. The third-order valence-electron chi connectivity index (χ3n) is 3.70. The molecule has 132 valence electrons. The van der Waals surface area contributed by atoms with Gasteiger partial charge in [0.05, 0.1) is 22.6 Å². The lowest BCUT2D eigenvalue weighted by molar-refractivity contribution is 0.333. The van der Waals surface area contributed by atoms with Crippen LogP contribution in [0.2, 0.25) is 0 Å². The molecule has 2 rings (SSSR count). The standard InChI is InChI=1S/C19H22N2O3S/c1-15(2)25(22,23)14-17-4-3-5-18(12-17)21-10-11-24-19-8-6-16(13-20)7-9-19/h3-9,12,15,21H,10-11,14H2,1-2H3. The normalized spacial score (nSPS) is 11.1. The second-order valence-electron chi connectivity index (χ2n) is 5.97. The van der Waals surface area contributed by atoms with Crippen LogP contribution in [0.5, 0.6) is 5.75 Å². The number of ether oxygens (including phenoxy) is 1. The summed E-state index contributed by atoms with van der Waals surface area (Å²) in [5, 5.41) is 11.6. The van der Waals surface area contributed by atoms with E-state index in [1.807, 2.05) is 24.3 Å². The maximum absolute atomic E-state index is 12.0. The largest absolute Gasteiger partial charge is 0.492 e. The van der Waals surface area contributed by atoms with Gasteiger partial charge in [0.2, 0.25) is 0 Å². The summed E-state index contributed by atoms with van der Waals surface area (Å²) >= 11 is 0. The molecule has 2 aromatic carbocycles. The first-order valence-corrected chi connectivity index (χ1v) is 9.79. The Balaban J connectivity index is 1.85. The molecule has 0 fully saturated rings. The van der Waals surface area contributed by atoms with Gasteiger partial charge in [0.15, 0.2) is 9.84 Å². The summed E-state index contributed by atoms with van der Waals surface area (Å²) in [6, 6.07) is 16.4. The highest BCUT2D eigenvalue weighted by Crippen LogP contribution is 2.16. The van der Waals surface area contributed by atoms with Gasteiger partial charge in [0, 0.05) is 12.2 Å². The van der Waals surface area contributed by atoms with Crippen molar-refractivity contribution in [1.82, 2.24) is 0 Å². The van der Waals surface area contributed by atoms with E-state index in [9.17, 15) is 8.42 Å². The van der Waals surface area contributed by atoms with Crippen molar-refractivity contribution in [2.75, 3.05) is 18.5 Å². The molecule has 0 amide bonds. The molecule has 0 aliphatic carbocycles. The van der Waals surface area contributed by atoms with Crippen LogP contribution in [0.3, 0.4) is 0 Å². The summed E-state index contributed by atoms with van der Waals surface area (Å²) in [6.45, 7) is 4.43. The maximum Gasteiger partial charge on any atom is 0.156 e. The van der Waals surface area contributed by atoms with Crippen LogP contribution in [0.4, 0.5) is 5.69 Å². The second-order valence-corrected chi connectivity index (χ2v) is 8.52. The minimum atomic E-state index is -3.11. The number of hydrogen-bond acceptors (Lipinski definition) is 5. The van der Waals surface area contributed by atoms with Crippen molar-refractivity contribution in [3.05, 3.63) is 59.7 Å². The third-order valence-corrected chi connectivity index (χ3v) is 5.87. The van der Waals surface area contributed by atoms with E-state index in [0.717, 1.165) is 11.3 Å². The Morgan fingerprint density at radius 2 is 1.88 bits per heavy atom. The smallest absolute Gasteiger partial charge is 0.156 e. The van der Waals surface area contributed by atoms with E-state index < -0.39 is 9.84 Å². The number of hydrogen-bond donors (Lipinski definition) is 1. The molecule has 0 saturated heterocycles. The van der Waals surface area contributed by atoms with Gasteiger partial charge in [0.1, 0.15) is 12.4 Å². The Labute approximate surface area is 149 Å². The molecule has 0 radical (unpaired) electrons. The summed E-state index contributed by atoms with van der Waals surface area (Å²) in [6.07, 6.45) is 0. The van der Waals surface area contributed by atoms with Crippen molar-refractivity contribution < 1.29 is 13.2 Å².